The van der Waals surface area contributed by atoms with Crippen LogP contribution < -0.4 is 0 Å². The second-order valence-electron chi connectivity index (χ2n) is 20.9. The van der Waals surface area contributed by atoms with Crippen LogP contribution in [0.1, 0.15) is 27.8 Å². The Morgan fingerprint density at radius 1 is 0.287 bits per heavy atom. The third-order valence-corrected chi connectivity index (χ3v) is 16.0. The molecular formula is C74H52N6. The van der Waals surface area contributed by atoms with Gasteiger partial charge in [0, 0.05) is 38.2 Å². The van der Waals surface area contributed by atoms with Crippen molar-refractivity contribution >= 4 is 43.6 Å². The fraction of sp³-hybridized carbons (Fsp3) is 0.0541. The molecular weight excluding hydrogens is 973 g/mol. The first-order valence-electron chi connectivity index (χ1n) is 27.1. The van der Waals surface area contributed by atoms with E-state index >= 15 is 0 Å². The van der Waals surface area contributed by atoms with Gasteiger partial charge in [0.2, 0.25) is 0 Å². The van der Waals surface area contributed by atoms with Crippen molar-refractivity contribution in [2.45, 2.75) is 27.7 Å². The Balaban J connectivity index is 1.10. The van der Waals surface area contributed by atoms with Gasteiger partial charge in [0.25, 0.3) is 0 Å². The summed E-state index contributed by atoms with van der Waals surface area (Å²) in [5, 5.41) is 16.1. The maximum absolute atomic E-state index is 11.8. The minimum atomic E-state index is 0.478. The molecule has 11 aromatic carbocycles. The number of fused-ring (bicyclic) bond motifs is 6. The topological polar surface area (TPSA) is 72.3 Å². The number of benzene rings is 11. The van der Waals surface area contributed by atoms with Crippen molar-refractivity contribution in [3.8, 4) is 96.1 Å². The maximum atomic E-state index is 11.8. The van der Waals surface area contributed by atoms with Crippen molar-refractivity contribution in [2.24, 2.45) is 0 Å². The number of aryl methyl sites for hydroxylation is 4. The third-order valence-electron chi connectivity index (χ3n) is 16.0. The van der Waals surface area contributed by atoms with Gasteiger partial charge in [-0.1, -0.05) is 182 Å². The molecule has 0 bridgehead atoms. The van der Waals surface area contributed by atoms with Crippen molar-refractivity contribution < 1.29 is 0 Å². The Morgan fingerprint density at radius 3 is 0.938 bits per heavy atom. The lowest BCUT2D eigenvalue weighted by atomic mass is 9.97. The van der Waals surface area contributed by atoms with E-state index in [-0.39, 0.29) is 0 Å². The molecule has 0 fully saturated rings. The number of hydrogen-bond acceptors (Lipinski definition) is 4. The van der Waals surface area contributed by atoms with E-state index in [0.29, 0.717) is 28.7 Å². The molecule has 0 amide bonds. The highest BCUT2D eigenvalue weighted by Gasteiger charge is 2.26. The number of aromatic nitrogens is 5. The Labute approximate surface area is 464 Å². The molecule has 378 valence electrons. The molecule has 14 rings (SSSR count). The molecule has 0 aliphatic rings. The molecule has 0 N–H and O–H groups in total. The van der Waals surface area contributed by atoms with E-state index in [1.807, 2.05) is 60.7 Å². The predicted molar refractivity (Wildman–Crippen MR) is 330 cm³/mol. The fourth-order valence-electron chi connectivity index (χ4n) is 12.0. The van der Waals surface area contributed by atoms with Crippen molar-refractivity contribution in [3.63, 3.8) is 0 Å². The lowest BCUT2D eigenvalue weighted by Crippen LogP contribution is -2.07. The van der Waals surface area contributed by atoms with Crippen LogP contribution in [-0.4, -0.2) is 24.1 Å². The minimum absolute atomic E-state index is 0.478. The van der Waals surface area contributed by atoms with Gasteiger partial charge in [-0.2, -0.15) is 5.26 Å². The quantitative estimate of drug-likeness (QED) is 0.144. The zero-order valence-electron chi connectivity index (χ0n) is 44.8. The van der Waals surface area contributed by atoms with Gasteiger partial charge >= 0.3 is 0 Å². The fourth-order valence-corrected chi connectivity index (χ4v) is 12.0. The van der Waals surface area contributed by atoms with Crippen LogP contribution in [0, 0.1) is 39.0 Å². The van der Waals surface area contributed by atoms with E-state index in [4.69, 9.17) is 15.0 Å². The molecule has 80 heavy (non-hydrogen) atoms. The molecule has 0 aliphatic carbocycles. The van der Waals surface area contributed by atoms with Crippen molar-refractivity contribution in [3.05, 3.63) is 270 Å². The van der Waals surface area contributed by atoms with Crippen molar-refractivity contribution in [1.82, 2.24) is 24.1 Å². The Kier molecular flexibility index (Phi) is 11.7. The average Bonchev–Trinajstić information content (AvgIpc) is 4.17. The van der Waals surface area contributed by atoms with Crippen molar-refractivity contribution in [2.75, 3.05) is 0 Å². The summed E-state index contributed by atoms with van der Waals surface area (Å²) in [4.78, 5) is 16.0. The van der Waals surface area contributed by atoms with Gasteiger partial charge in [0.1, 0.15) is 6.07 Å². The monoisotopic (exact) mass is 1020 g/mol. The van der Waals surface area contributed by atoms with Gasteiger partial charge in [-0.25, -0.2) is 15.0 Å². The van der Waals surface area contributed by atoms with E-state index in [9.17, 15) is 5.26 Å². The summed E-state index contributed by atoms with van der Waals surface area (Å²) in [6, 6.07) is 88.4. The highest BCUT2D eigenvalue weighted by atomic mass is 15.1. The molecule has 0 unspecified atom stereocenters. The summed E-state index contributed by atoms with van der Waals surface area (Å²) in [6.07, 6.45) is 0. The summed E-state index contributed by atoms with van der Waals surface area (Å²) in [5.41, 5.74) is 22.4. The zero-order chi connectivity index (χ0) is 54.0. The van der Waals surface area contributed by atoms with E-state index in [2.05, 4.69) is 225 Å². The standard InChI is InChI=1S/C74H52N6/c1-46-19-11-15-27-57(46)52-31-35-66-61(39-52)62-40-53(58-28-16-12-20-47(58)2)32-36-67(62)79(66)70-44-65(74-77-72(50-23-7-5-8-24-50)76-73(78-74)51-25-9-6-10-26-51)71(43-56(70)45-75)80-68-37-33-54(59-29-17-13-21-48(59)3)41-63(68)64-42-55(34-38-69(64)80)60-30-18-14-22-49(60)4/h5-44H,1-4H3. The van der Waals surface area contributed by atoms with E-state index in [1.54, 1.807) is 0 Å². The molecule has 14 aromatic rings. The Morgan fingerprint density at radius 2 is 0.600 bits per heavy atom. The second kappa shape index (κ2) is 19.5. The Bertz CT molecular complexity index is 4560. The SMILES string of the molecule is Cc1ccccc1-c1ccc2c(c1)c1cc(-c3ccccc3C)ccc1n2-c1cc(-c2nc(-c3ccccc3)nc(-c3ccccc3)n2)c(-n2c3ccc(-c4ccccc4C)cc3c3cc(-c4ccccc4C)ccc32)cc1C#N. The molecule has 0 spiro atoms. The van der Waals surface area contributed by atoms with Crippen molar-refractivity contribution in [1.29, 1.82) is 5.26 Å². The molecule has 0 radical (unpaired) electrons. The molecule has 0 aliphatic heterocycles. The molecule has 6 heteroatoms. The summed E-state index contributed by atoms with van der Waals surface area (Å²) in [5.74, 6) is 1.57. The molecule has 3 heterocycles. The van der Waals surface area contributed by atoms with Gasteiger partial charge in [0.05, 0.1) is 39.0 Å². The first kappa shape index (κ1) is 47.9. The number of hydrogen-bond donors (Lipinski definition) is 0. The first-order valence-corrected chi connectivity index (χ1v) is 27.1. The molecule has 0 saturated heterocycles. The van der Waals surface area contributed by atoms with Crippen LogP contribution in [0.5, 0.6) is 0 Å². The minimum Gasteiger partial charge on any atom is -0.308 e. The van der Waals surface area contributed by atoms with Gasteiger partial charge in [-0.3, -0.25) is 0 Å². The van der Waals surface area contributed by atoms with Crippen LogP contribution in [0.2, 0.25) is 0 Å². The third kappa shape index (κ3) is 8.15. The van der Waals surface area contributed by atoms with Gasteiger partial charge in [-0.05, 0) is 155 Å². The van der Waals surface area contributed by atoms with Gasteiger partial charge in [0.15, 0.2) is 17.5 Å². The van der Waals surface area contributed by atoms with Crippen LogP contribution >= 0.6 is 0 Å². The smallest absolute Gasteiger partial charge is 0.166 e. The van der Waals surface area contributed by atoms with E-state index in [1.165, 1.54) is 44.5 Å². The number of nitriles is 1. The highest BCUT2D eigenvalue weighted by molar-refractivity contribution is 6.14. The molecule has 0 atom stereocenters. The van der Waals surface area contributed by atoms with E-state index < -0.39 is 0 Å². The van der Waals surface area contributed by atoms with E-state index in [0.717, 1.165) is 88.2 Å². The maximum Gasteiger partial charge on any atom is 0.166 e. The number of nitrogens with zero attached hydrogens (tertiary/aromatic N) is 6. The largest absolute Gasteiger partial charge is 0.308 e. The van der Waals surface area contributed by atoms with Crippen LogP contribution in [0.4, 0.5) is 0 Å². The molecule has 3 aromatic heterocycles. The average molecular weight is 1030 g/mol. The number of rotatable bonds is 9. The summed E-state index contributed by atoms with van der Waals surface area (Å²) >= 11 is 0. The van der Waals surface area contributed by atoms with Gasteiger partial charge in [-0.15, -0.1) is 0 Å². The van der Waals surface area contributed by atoms with Crippen LogP contribution in [0.3, 0.4) is 0 Å². The molecule has 0 saturated carbocycles. The summed E-state index contributed by atoms with van der Waals surface area (Å²) in [7, 11) is 0. The summed E-state index contributed by atoms with van der Waals surface area (Å²) in [6.45, 7) is 8.67. The highest BCUT2D eigenvalue weighted by Crippen LogP contribution is 2.44. The first-order chi connectivity index (χ1) is 39.3. The zero-order valence-corrected chi connectivity index (χ0v) is 44.8. The predicted octanol–water partition coefficient (Wildman–Crippen LogP) is 18.8. The van der Waals surface area contributed by atoms with Crippen LogP contribution in [0.25, 0.3) is 134 Å². The summed E-state index contributed by atoms with van der Waals surface area (Å²) < 4.78 is 4.59. The lowest BCUT2D eigenvalue weighted by Gasteiger charge is -2.19. The van der Waals surface area contributed by atoms with Crippen LogP contribution in [0.15, 0.2) is 243 Å². The van der Waals surface area contributed by atoms with Gasteiger partial charge < -0.3 is 9.13 Å². The Hall–Kier alpha value is -10.5. The molecule has 6 nitrogen and oxygen atoms in total. The van der Waals surface area contributed by atoms with Crippen LogP contribution in [-0.2, 0) is 0 Å². The normalized spacial score (nSPS) is 11.5. The lowest BCUT2D eigenvalue weighted by molar-refractivity contribution is 1.06. The second-order valence-corrected chi connectivity index (χ2v) is 20.9.